The van der Waals surface area contributed by atoms with E-state index in [0.29, 0.717) is 6.04 Å². The molecule has 1 aliphatic rings. The molecule has 1 aromatic rings. The molecule has 1 aromatic heterocycles. The van der Waals surface area contributed by atoms with E-state index in [1.807, 2.05) is 6.07 Å². The number of thiophene rings is 1. The van der Waals surface area contributed by atoms with Gasteiger partial charge in [-0.15, -0.1) is 11.3 Å². The van der Waals surface area contributed by atoms with Crippen LogP contribution in [0, 0.1) is 0 Å². The van der Waals surface area contributed by atoms with Crippen LogP contribution in [0.25, 0.3) is 0 Å². The third-order valence-electron chi connectivity index (χ3n) is 2.68. The van der Waals surface area contributed by atoms with Crippen molar-refractivity contribution in [3.8, 4) is 0 Å². The summed E-state index contributed by atoms with van der Waals surface area (Å²) in [6.07, 6.45) is 0. The molecule has 0 unspecified atom stereocenters. The fourth-order valence-electron chi connectivity index (χ4n) is 1.74. The lowest BCUT2D eigenvalue weighted by atomic mass is 10.2. The second kappa shape index (κ2) is 4.62. The Kier molecular flexibility index (Phi) is 3.44. The van der Waals surface area contributed by atoms with Gasteiger partial charge in [0.05, 0.1) is 5.02 Å². The molecule has 14 heavy (non-hydrogen) atoms. The molecule has 0 spiro atoms. The van der Waals surface area contributed by atoms with Crippen LogP contribution < -0.4 is 5.32 Å². The van der Waals surface area contributed by atoms with Crippen LogP contribution in [0.3, 0.4) is 0 Å². The van der Waals surface area contributed by atoms with Crippen molar-refractivity contribution >= 4 is 22.9 Å². The standard InChI is InChI=1S/C10H15ClN2S/c1-8-6-12-3-4-13(8)7-10-9(11)2-5-14-10/h2,5,8,12H,3-4,6-7H2,1H3/t8-/m1/s1. The highest BCUT2D eigenvalue weighted by molar-refractivity contribution is 7.10. The van der Waals surface area contributed by atoms with Crippen LogP contribution >= 0.6 is 22.9 Å². The van der Waals surface area contributed by atoms with Gasteiger partial charge in [-0.2, -0.15) is 0 Å². The van der Waals surface area contributed by atoms with Crippen molar-refractivity contribution in [2.45, 2.75) is 19.5 Å². The summed E-state index contributed by atoms with van der Waals surface area (Å²) in [5.41, 5.74) is 0. The van der Waals surface area contributed by atoms with Gasteiger partial charge < -0.3 is 5.32 Å². The largest absolute Gasteiger partial charge is 0.314 e. The van der Waals surface area contributed by atoms with Crippen molar-refractivity contribution in [1.82, 2.24) is 10.2 Å². The molecule has 1 aliphatic heterocycles. The highest BCUT2D eigenvalue weighted by Crippen LogP contribution is 2.24. The molecule has 0 bridgehead atoms. The molecule has 78 valence electrons. The average molecular weight is 231 g/mol. The quantitative estimate of drug-likeness (QED) is 0.838. The SMILES string of the molecule is C[C@@H]1CNCCN1Cc1sccc1Cl. The summed E-state index contributed by atoms with van der Waals surface area (Å²) in [4.78, 5) is 3.77. The highest BCUT2D eigenvalue weighted by atomic mass is 35.5. The predicted octanol–water partition coefficient (Wildman–Crippen LogP) is 2.20. The lowest BCUT2D eigenvalue weighted by Crippen LogP contribution is -2.49. The summed E-state index contributed by atoms with van der Waals surface area (Å²) in [7, 11) is 0. The summed E-state index contributed by atoms with van der Waals surface area (Å²) in [5.74, 6) is 0. The molecule has 1 N–H and O–H groups in total. The first-order valence-electron chi connectivity index (χ1n) is 4.94. The van der Waals surface area contributed by atoms with E-state index < -0.39 is 0 Å². The molecule has 0 amide bonds. The molecule has 1 fully saturated rings. The monoisotopic (exact) mass is 230 g/mol. The molecule has 0 radical (unpaired) electrons. The van der Waals surface area contributed by atoms with Gasteiger partial charge in [0.15, 0.2) is 0 Å². The molecule has 1 saturated heterocycles. The molecule has 1 atom stereocenters. The zero-order valence-electron chi connectivity index (χ0n) is 8.29. The summed E-state index contributed by atoms with van der Waals surface area (Å²) in [6.45, 7) is 6.55. The van der Waals surface area contributed by atoms with E-state index >= 15 is 0 Å². The minimum absolute atomic E-state index is 0.613. The Morgan fingerprint density at radius 1 is 1.71 bits per heavy atom. The third-order valence-corrected chi connectivity index (χ3v) is 4.05. The lowest BCUT2D eigenvalue weighted by molar-refractivity contribution is 0.167. The van der Waals surface area contributed by atoms with Crippen LogP contribution in [-0.2, 0) is 6.54 Å². The van der Waals surface area contributed by atoms with Gasteiger partial charge in [0.25, 0.3) is 0 Å². The number of rotatable bonds is 2. The Balaban J connectivity index is 1.99. The molecule has 2 heterocycles. The summed E-state index contributed by atoms with van der Waals surface area (Å²) in [5, 5.41) is 6.36. The Bertz CT molecular complexity index is 300. The van der Waals surface area contributed by atoms with E-state index in [0.717, 1.165) is 31.2 Å². The van der Waals surface area contributed by atoms with E-state index in [1.165, 1.54) is 4.88 Å². The van der Waals surface area contributed by atoms with Crippen LogP contribution in [0.2, 0.25) is 5.02 Å². The maximum atomic E-state index is 6.07. The highest BCUT2D eigenvalue weighted by Gasteiger charge is 2.18. The maximum absolute atomic E-state index is 6.07. The number of nitrogens with zero attached hydrogens (tertiary/aromatic N) is 1. The van der Waals surface area contributed by atoms with E-state index in [-0.39, 0.29) is 0 Å². The number of hydrogen-bond donors (Lipinski definition) is 1. The lowest BCUT2D eigenvalue weighted by Gasteiger charge is -2.33. The van der Waals surface area contributed by atoms with Gasteiger partial charge in [0, 0.05) is 37.1 Å². The van der Waals surface area contributed by atoms with E-state index in [9.17, 15) is 0 Å². The zero-order valence-corrected chi connectivity index (χ0v) is 9.87. The molecule has 0 aliphatic carbocycles. The van der Waals surface area contributed by atoms with Gasteiger partial charge >= 0.3 is 0 Å². The van der Waals surface area contributed by atoms with Gasteiger partial charge in [0.1, 0.15) is 0 Å². The fraction of sp³-hybridized carbons (Fsp3) is 0.600. The van der Waals surface area contributed by atoms with Crippen LogP contribution in [0.4, 0.5) is 0 Å². The van der Waals surface area contributed by atoms with E-state index in [1.54, 1.807) is 11.3 Å². The summed E-state index contributed by atoms with van der Waals surface area (Å²) < 4.78 is 0. The van der Waals surface area contributed by atoms with Crippen molar-refractivity contribution in [2.75, 3.05) is 19.6 Å². The number of nitrogens with one attached hydrogen (secondary N) is 1. The third kappa shape index (κ3) is 2.28. The van der Waals surface area contributed by atoms with Crippen LogP contribution in [-0.4, -0.2) is 30.6 Å². The number of halogens is 1. The van der Waals surface area contributed by atoms with E-state index in [2.05, 4.69) is 22.5 Å². The number of piperazine rings is 1. The second-order valence-electron chi connectivity index (χ2n) is 3.72. The Labute approximate surface area is 93.9 Å². The first-order chi connectivity index (χ1) is 6.77. The summed E-state index contributed by atoms with van der Waals surface area (Å²) >= 11 is 7.83. The van der Waals surface area contributed by atoms with Crippen molar-refractivity contribution in [2.24, 2.45) is 0 Å². The Hall–Kier alpha value is -0.0900. The smallest absolute Gasteiger partial charge is 0.0558 e. The zero-order chi connectivity index (χ0) is 9.97. The molecule has 2 rings (SSSR count). The molecule has 0 aromatic carbocycles. The van der Waals surface area contributed by atoms with Crippen molar-refractivity contribution < 1.29 is 0 Å². The Morgan fingerprint density at radius 3 is 3.21 bits per heavy atom. The molecule has 2 nitrogen and oxygen atoms in total. The first-order valence-corrected chi connectivity index (χ1v) is 6.20. The fourth-order valence-corrected chi connectivity index (χ4v) is 2.86. The molecular formula is C10H15ClN2S. The maximum Gasteiger partial charge on any atom is 0.0558 e. The minimum atomic E-state index is 0.613. The minimum Gasteiger partial charge on any atom is -0.314 e. The van der Waals surface area contributed by atoms with E-state index in [4.69, 9.17) is 11.6 Å². The van der Waals surface area contributed by atoms with Gasteiger partial charge in [-0.25, -0.2) is 0 Å². The van der Waals surface area contributed by atoms with Crippen LogP contribution in [0.1, 0.15) is 11.8 Å². The van der Waals surface area contributed by atoms with Crippen molar-refractivity contribution in [3.63, 3.8) is 0 Å². The molecule has 4 heteroatoms. The van der Waals surface area contributed by atoms with Crippen molar-refractivity contribution in [1.29, 1.82) is 0 Å². The predicted molar refractivity (Wildman–Crippen MR) is 62.1 cm³/mol. The normalized spacial score (nSPS) is 24.0. The molecular weight excluding hydrogens is 216 g/mol. The summed E-state index contributed by atoms with van der Waals surface area (Å²) in [6, 6.07) is 2.59. The molecule has 0 saturated carbocycles. The Morgan fingerprint density at radius 2 is 2.57 bits per heavy atom. The van der Waals surface area contributed by atoms with Crippen LogP contribution in [0.15, 0.2) is 11.4 Å². The number of hydrogen-bond acceptors (Lipinski definition) is 3. The first kappa shape index (κ1) is 10.4. The van der Waals surface area contributed by atoms with Gasteiger partial charge in [0.2, 0.25) is 0 Å². The second-order valence-corrected chi connectivity index (χ2v) is 5.12. The van der Waals surface area contributed by atoms with Gasteiger partial charge in [-0.3, -0.25) is 4.90 Å². The van der Waals surface area contributed by atoms with Gasteiger partial charge in [-0.05, 0) is 18.4 Å². The topological polar surface area (TPSA) is 15.3 Å². The van der Waals surface area contributed by atoms with Crippen LogP contribution in [0.5, 0.6) is 0 Å². The van der Waals surface area contributed by atoms with Crippen molar-refractivity contribution in [3.05, 3.63) is 21.3 Å². The average Bonchev–Trinajstić information content (AvgIpc) is 2.56. The van der Waals surface area contributed by atoms with Gasteiger partial charge in [-0.1, -0.05) is 11.6 Å².